The summed E-state index contributed by atoms with van der Waals surface area (Å²) in [4.78, 5) is 3.94. The molecule has 200 valence electrons. The third kappa shape index (κ3) is 5.37. The van der Waals surface area contributed by atoms with Gasteiger partial charge in [0, 0.05) is 40.4 Å². The van der Waals surface area contributed by atoms with Crippen molar-refractivity contribution in [3.63, 3.8) is 0 Å². The second kappa shape index (κ2) is 10.8. The Morgan fingerprint density at radius 3 is 2.56 bits per heavy atom. The number of anilines is 2. The summed E-state index contributed by atoms with van der Waals surface area (Å²) in [5.41, 5.74) is 8.15. The van der Waals surface area contributed by atoms with Crippen molar-refractivity contribution in [1.82, 2.24) is 0 Å². The molecule has 1 aliphatic carbocycles. The monoisotopic (exact) mass is 535 g/mol. The predicted octanol–water partition coefficient (Wildman–Crippen LogP) is 7.90. The summed E-state index contributed by atoms with van der Waals surface area (Å²) in [6, 6.07) is 28.0. The second-order valence-corrected chi connectivity index (χ2v) is 13.1. The fourth-order valence-corrected chi connectivity index (χ4v) is 7.02. The van der Waals surface area contributed by atoms with Crippen LogP contribution in [-0.4, -0.2) is 44.5 Å². The van der Waals surface area contributed by atoms with Crippen LogP contribution < -0.4 is 9.47 Å². The van der Waals surface area contributed by atoms with Gasteiger partial charge in [0.1, 0.15) is 0 Å². The van der Waals surface area contributed by atoms with E-state index in [1.54, 1.807) is 0 Å². The van der Waals surface area contributed by atoms with Crippen LogP contribution in [0.2, 0.25) is 0 Å². The molecular weight excluding hydrogens is 494 g/mol. The van der Waals surface area contributed by atoms with E-state index in [-0.39, 0.29) is 0 Å². The summed E-state index contributed by atoms with van der Waals surface area (Å²) >= 11 is 1.81. The summed E-state index contributed by atoms with van der Waals surface area (Å²) in [5.74, 6) is 0.636. The minimum Gasteiger partial charge on any atom is -0.338 e. The normalized spacial score (nSPS) is 18.7. The van der Waals surface area contributed by atoms with Crippen LogP contribution in [0.4, 0.5) is 11.4 Å². The molecule has 1 saturated carbocycles. The number of benzene rings is 3. The molecule has 3 nitrogen and oxygen atoms in total. The number of fused-ring (bicyclic) bond motifs is 4. The Balaban J connectivity index is 1.27. The van der Waals surface area contributed by atoms with Crippen LogP contribution in [0.1, 0.15) is 48.3 Å². The lowest BCUT2D eigenvalue weighted by molar-refractivity contribution is -0.873. The van der Waals surface area contributed by atoms with E-state index in [1.165, 1.54) is 76.1 Å². The van der Waals surface area contributed by atoms with Gasteiger partial charge >= 0.3 is 0 Å². The summed E-state index contributed by atoms with van der Waals surface area (Å²) < 4.78 is 3.42. The lowest BCUT2D eigenvalue weighted by atomic mass is 9.95. The van der Waals surface area contributed by atoms with E-state index in [2.05, 4.69) is 128 Å². The van der Waals surface area contributed by atoms with Crippen molar-refractivity contribution in [2.45, 2.75) is 49.1 Å². The van der Waals surface area contributed by atoms with E-state index >= 15 is 0 Å². The summed E-state index contributed by atoms with van der Waals surface area (Å²) in [6.07, 6.45) is 14.1. The second-order valence-electron chi connectivity index (χ2n) is 12.2. The van der Waals surface area contributed by atoms with Crippen LogP contribution in [0.15, 0.2) is 83.9 Å². The number of rotatable bonds is 8. The Morgan fingerprint density at radius 1 is 0.949 bits per heavy atom. The molecule has 3 aromatic carbocycles. The standard InChI is InChI=1S/C35H41N3S/c1-38(2,3)24-8-22-36-23-21-27(30-9-5-6-11-33(30)36)15-13-26-14-20-35-32(25-26)31-10-7-12-34(31)37(35)28-16-18-29(39-4)19-17-28/h5-6,9,11,13-21,23,25,31,34H,7-8,10,12,22,24H2,1-4H3/q+2. The van der Waals surface area contributed by atoms with Gasteiger partial charge in [0.05, 0.1) is 39.5 Å². The SMILES string of the molecule is CSc1ccc(N2c3ccc(/C=C/c4cc[n+](CCC[N+](C)(C)C)c5ccccc45)cc3C3CCCC32)cc1. The van der Waals surface area contributed by atoms with Crippen molar-refractivity contribution in [2.24, 2.45) is 0 Å². The van der Waals surface area contributed by atoms with Gasteiger partial charge in [-0.05, 0) is 78.3 Å². The van der Waals surface area contributed by atoms with Crippen LogP contribution in [0.25, 0.3) is 23.1 Å². The highest BCUT2D eigenvalue weighted by Crippen LogP contribution is 2.52. The molecule has 1 aliphatic heterocycles. The lowest BCUT2D eigenvalue weighted by Gasteiger charge is -2.27. The molecule has 0 radical (unpaired) electrons. The first kappa shape index (κ1) is 26.2. The summed E-state index contributed by atoms with van der Waals surface area (Å²) in [5, 5.41) is 1.32. The number of para-hydroxylation sites is 1. The molecule has 6 rings (SSSR count). The highest BCUT2D eigenvalue weighted by Gasteiger charge is 2.42. The first-order valence-corrected chi connectivity index (χ1v) is 15.6. The third-order valence-electron chi connectivity index (χ3n) is 8.51. The smallest absolute Gasteiger partial charge is 0.213 e. The molecule has 0 saturated heterocycles. The van der Waals surface area contributed by atoms with Gasteiger partial charge in [0.25, 0.3) is 0 Å². The zero-order valence-electron chi connectivity index (χ0n) is 23.8. The molecule has 2 aliphatic rings. The van der Waals surface area contributed by atoms with Crippen LogP contribution in [-0.2, 0) is 6.54 Å². The number of aromatic nitrogens is 1. The van der Waals surface area contributed by atoms with E-state index in [9.17, 15) is 0 Å². The highest BCUT2D eigenvalue weighted by molar-refractivity contribution is 7.98. The predicted molar refractivity (Wildman–Crippen MR) is 168 cm³/mol. The molecule has 4 aromatic rings. The molecule has 1 fully saturated rings. The Hall–Kier alpha value is -3.08. The molecule has 0 N–H and O–H groups in total. The zero-order valence-corrected chi connectivity index (χ0v) is 24.6. The first-order valence-electron chi connectivity index (χ1n) is 14.4. The highest BCUT2D eigenvalue weighted by atomic mass is 32.2. The maximum Gasteiger partial charge on any atom is 0.213 e. The minimum absolute atomic E-state index is 0.588. The molecular formula is C35H41N3S+2. The fraction of sp³-hybridized carbons (Fsp3) is 0.343. The molecule has 0 bridgehead atoms. The quantitative estimate of drug-likeness (QED) is 0.129. The maximum absolute atomic E-state index is 2.62. The van der Waals surface area contributed by atoms with Crippen molar-refractivity contribution in [2.75, 3.05) is 38.8 Å². The van der Waals surface area contributed by atoms with Crippen molar-refractivity contribution in [3.8, 4) is 0 Å². The van der Waals surface area contributed by atoms with Crippen molar-refractivity contribution >= 4 is 46.2 Å². The largest absolute Gasteiger partial charge is 0.338 e. The number of quaternary nitrogens is 1. The number of thioether (sulfide) groups is 1. The maximum atomic E-state index is 2.62. The number of aryl methyl sites for hydroxylation is 1. The Morgan fingerprint density at radius 2 is 1.77 bits per heavy atom. The number of hydrogen-bond acceptors (Lipinski definition) is 2. The van der Waals surface area contributed by atoms with Gasteiger partial charge in [-0.1, -0.05) is 36.8 Å². The Bertz CT molecular complexity index is 1500. The molecule has 2 unspecified atom stereocenters. The third-order valence-corrected chi connectivity index (χ3v) is 9.26. The van der Waals surface area contributed by atoms with Crippen molar-refractivity contribution in [3.05, 3.63) is 95.7 Å². The number of hydrogen-bond donors (Lipinski definition) is 0. The average molecular weight is 536 g/mol. The topological polar surface area (TPSA) is 7.12 Å². The van der Waals surface area contributed by atoms with Gasteiger partial charge < -0.3 is 9.38 Å². The van der Waals surface area contributed by atoms with Gasteiger partial charge in [0.15, 0.2) is 12.7 Å². The first-order chi connectivity index (χ1) is 18.9. The van der Waals surface area contributed by atoms with Crippen LogP contribution >= 0.6 is 11.8 Å². The van der Waals surface area contributed by atoms with Gasteiger partial charge in [-0.2, -0.15) is 4.57 Å². The number of pyridine rings is 1. The van der Waals surface area contributed by atoms with Gasteiger partial charge in [-0.25, -0.2) is 0 Å². The van der Waals surface area contributed by atoms with Gasteiger partial charge in [-0.15, -0.1) is 11.8 Å². The summed E-state index contributed by atoms with van der Waals surface area (Å²) in [6.45, 7) is 2.22. The van der Waals surface area contributed by atoms with Crippen LogP contribution in [0, 0.1) is 0 Å². The fourth-order valence-electron chi connectivity index (χ4n) is 6.61. The number of nitrogens with zero attached hydrogens (tertiary/aromatic N) is 3. The van der Waals surface area contributed by atoms with E-state index in [0.29, 0.717) is 12.0 Å². The van der Waals surface area contributed by atoms with Crippen LogP contribution in [0.3, 0.4) is 0 Å². The molecule has 2 heterocycles. The van der Waals surface area contributed by atoms with E-state index in [4.69, 9.17) is 0 Å². The van der Waals surface area contributed by atoms with Crippen molar-refractivity contribution < 1.29 is 9.05 Å². The molecule has 2 atom stereocenters. The summed E-state index contributed by atoms with van der Waals surface area (Å²) in [7, 11) is 6.80. The van der Waals surface area contributed by atoms with E-state index in [0.717, 1.165) is 11.0 Å². The van der Waals surface area contributed by atoms with E-state index < -0.39 is 0 Å². The Labute approximate surface area is 238 Å². The average Bonchev–Trinajstić information content (AvgIpc) is 3.53. The molecule has 4 heteroatoms. The van der Waals surface area contributed by atoms with Gasteiger partial charge in [-0.3, -0.25) is 0 Å². The van der Waals surface area contributed by atoms with E-state index in [1.807, 2.05) is 11.8 Å². The van der Waals surface area contributed by atoms with Crippen molar-refractivity contribution in [1.29, 1.82) is 0 Å². The minimum atomic E-state index is 0.588. The Kier molecular flexibility index (Phi) is 7.26. The van der Waals surface area contributed by atoms with Crippen LogP contribution in [0.5, 0.6) is 0 Å². The zero-order chi connectivity index (χ0) is 27.0. The molecule has 0 spiro atoms. The molecule has 39 heavy (non-hydrogen) atoms. The molecule has 0 amide bonds. The lowest BCUT2D eigenvalue weighted by Crippen LogP contribution is -2.40. The van der Waals surface area contributed by atoms with Gasteiger partial charge in [0.2, 0.25) is 5.52 Å². The molecule has 1 aromatic heterocycles.